The molecular formula is C84H114N2O8. The Morgan fingerprint density at radius 3 is 0.809 bits per heavy atom. The largest absolute Gasteiger partial charge is 0.494 e. The first-order valence-corrected chi connectivity index (χ1v) is 38.1. The summed E-state index contributed by atoms with van der Waals surface area (Å²) in [6, 6.07) is 26.5. The lowest BCUT2D eigenvalue weighted by Gasteiger charge is -2.31. The molecule has 94 heavy (non-hydrogen) atoms. The van der Waals surface area contributed by atoms with Gasteiger partial charge in [-0.05, 0) is 109 Å². The minimum atomic E-state index is -0.348. The van der Waals surface area contributed by atoms with Crippen molar-refractivity contribution in [3.63, 3.8) is 0 Å². The Morgan fingerprint density at radius 1 is 0.255 bits per heavy atom. The molecule has 2 aliphatic heterocycles. The minimum absolute atomic E-state index is 0.310. The Morgan fingerprint density at radius 2 is 0.511 bits per heavy atom. The number of imide groups is 2. The van der Waals surface area contributed by atoms with Crippen LogP contribution in [0.25, 0.3) is 43.1 Å². The SMILES string of the molecule is CCCCCCCCCCCCCCCCCCN1C(=O)c2ccc3c4c(Oc5ccc(OCCCCCC)cc5)cc5c6c(ccc(c7c(Oc8ccc(OCCCCCC)cc8)cc(c2c37)C1=O)c64)C(=O)N(CCCCCCCCCCCCCCCCCC)C5=O. The topological polar surface area (TPSA) is 112 Å². The van der Waals surface area contributed by atoms with Crippen molar-refractivity contribution in [1.82, 2.24) is 9.80 Å². The van der Waals surface area contributed by atoms with Crippen LogP contribution in [0.2, 0.25) is 0 Å². The van der Waals surface area contributed by atoms with E-state index in [1.54, 1.807) is 0 Å². The Kier molecular flexibility index (Phi) is 29.5. The van der Waals surface area contributed by atoms with E-state index in [1.165, 1.54) is 177 Å². The second-order valence-corrected chi connectivity index (χ2v) is 27.5. The van der Waals surface area contributed by atoms with Gasteiger partial charge in [0.05, 0.1) is 24.3 Å². The highest BCUT2D eigenvalue weighted by molar-refractivity contribution is 6.43. The van der Waals surface area contributed by atoms with Gasteiger partial charge < -0.3 is 18.9 Å². The van der Waals surface area contributed by atoms with Gasteiger partial charge in [-0.1, -0.05) is 271 Å². The van der Waals surface area contributed by atoms with Gasteiger partial charge in [0.25, 0.3) is 23.6 Å². The van der Waals surface area contributed by atoms with E-state index >= 15 is 9.59 Å². The van der Waals surface area contributed by atoms with E-state index in [9.17, 15) is 9.59 Å². The van der Waals surface area contributed by atoms with E-state index in [0.29, 0.717) is 115 Å². The molecule has 2 heterocycles. The van der Waals surface area contributed by atoms with Crippen molar-refractivity contribution in [2.45, 2.75) is 285 Å². The fourth-order valence-corrected chi connectivity index (χ4v) is 14.6. The van der Waals surface area contributed by atoms with Gasteiger partial charge in [-0.3, -0.25) is 29.0 Å². The molecule has 0 saturated carbocycles. The normalized spacial score (nSPS) is 13.1. The van der Waals surface area contributed by atoms with E-state index in [0.717, 1.165) is 101 Å². The van der Waals surface area contributed by atoms with E-state index in [2.05, 4.69) is 27.7 Å². The third-order valence-electron chi connectivity index (χ3n) is 20.0. The number of amides is 4. The highest BCUT2D eigenvalue weighted by atomic mass is 16.5. The van der Waals surface area contributed by atoms with Gasteiger partial charge in [0.1, 0.15) is 34.5 Å². The van der Waals surface area contributed by atoms with Gasteiger partial charge in [0.15, 0.2) is 0 Å². The molecule has 0 radical (unpaired) electrons. The molecule has 0 bridgehead atoms. The molecule has 0 fully saturated rings. The van der Waals surface area contributed by atoms with Gasteiger partial charge in [-0.15, -0.1) is 0 Å². The lowest BCUT2D eigenvalue weighted by atomic mass is 9.81. The van der Waals surface area contributed by atoms with Gasteiger partial charge in [0.2, 0.25) is 0 Å². The van der Waals surface area contributed by atoms with Gasteiger partial charge in [-0.25, -0.2) is 0 Å². The van der Waals surface area contributed by atoms with Crippen molar-refractivity contribution in [2.75, 3.05) is 26.3 Å². The Hall–Kier alpha value is -6.68. The molecule has 10 heteroatoms. The number of hydrogen-bond acceptors (Lipinski definition) is 8. The number of rotatable bonds is 50. The third-order valence-corrected chi connectivity index (χ3v) is 20.0. The first-order chi connectivity index (χ1) is 46.3. The lowest BCUT2D eigenvalue weighted by Crippen LogP contribution is -2.41. The zero-order valence-electron chi connectivity index (χ0n) is 58.4. The summed E-state index contributed by atoms with van der Waals surface area (Å²) in [5.74, 6) is 2.12. The highest BCUT2D eigenvalue weighted by Gasteiger charge is 2.39. The summed E-state index contributed by atoms with van der Waals surface area (Å²) >= 11 is 0. The van der Waals surface area contributed by atoms with Crippen LogP contribution < -0.4 is 18.9 Å². The standard InChI is InChI=1S/C84H114N2O8/c1-5-9-13-17-19-21-23-25-27-29-31-33-35-37-39-41-57-85-81(87)69-55-53-67-78-74(94-66-51-47-64(48-52-66)92-60-44-16-12-8-4)62-72-76-70(82(88)86(84(72)90)58-42-40-38-36-34-32-30-28-26-24-22-20-18-14-10-6-2)56-54-68(80(76)78)77-73(61-71(83(85)89)75(69)79(67)77)93-65-49-45-63(46-50-65)91-59-43-15-11-7-3/h45-56,61-62H,5-44,57-60H2,1-4H3. The van der Waals surface area contributed by atoms with E-state index in [4.69, 9.17) is 18.9 Å². The number of ether oxygens (including phenoxy) is 4. The summed E-state index contributed by atoms with van der Waals surface area (Å²) in [7, 11) is 0. The highest BCUT2D eigenvalue weighted by Crippen LogP contribution is 2.53. The number of carbonyl (C=O) groups is 4. The van der Waals surface area contributed by atoms with Crippen LogP contribution in [0.15, 0.2) is 84.9 Å². The number of nitrogens with zero attached hydrogens (tertiary/aromatic N) is 2. The summed E-state index contributed by atoms with van der Waals surface area (Å²) < 4.78 is 26.4. The third kappa shape index (κ3) is 19.3. The molecule has 508 valence electrons. The zero-order chi connectivity index (χ0) is 65.7. The summed E-state index contributed by atoms with van der Waals surface area (Å²) in [5.41, 5.74) is 1.70. The minimum Gasteiger partial charge on any atom is -0.494 e. The number of benzene rings is 7. The van der Waals surface area contributed by atoms with Crippen LogP contribution in [0.1, 0.15) is 326 Å². The molecular weight excluding hydrogens is 1160 g/mol. The first-order valence-electron chi connectivity index (χ1n) is 38.1. The maximum atomic E-state index is 15.2. The zero-order valence-corrected chi connectivity index (χ0v) is 58.4. The summed E-state index contributed by atoms with van der Waals surface area (Å²) in [6.45, 7) is 10.9. The Balaban J connectivity index is 0.990. The van der Waals surface area contributed by atoms with Crippen molar-refractivity contribution in [2.24, 2.45) is 0 Å². The van der Waals surface area contributed by atoms with Crippen LogP contribution in [-0.4, -0.2) is 59.7 Å². The molecule has 0 atom stereocenters. The molecule has 10 nitrogen and oxygen atoms in total. The van der Waals surface area contributed by atoms with E-state index < -0.39 is 0 Å². The van der Waals surface area contributed by atoms with Gasteiger partial charge in [-0.2, -0.15) is 0 Å². The molecule has 9 rings (SSSR count). The molecule has 0 N–H and O–H groups in total. The number of unbranched alkanes of at least 4 members (excludes halogenated alkanes) is 36. The predicted molar refractivity (Wildman–Crippen MR) is 390 cm³/mol. The van der Waals surface area contributed by atoms with Gasteiger partial charge in [0, 0.05) is 56.5 Å². The average Bonchev–Trinajstić information content (AvgIpc) is 0.683. The second-order valence-electron chi connectivity index (χ2n) is 27.5. The summed E-state index contributed by atoms with van der Waals surface area (Å²) in [5, 5.41) is 5.28. The summed E-state index contributed by atoms with van der Waals surface area (Å²) in [4.78, 5) is 63.3. The van der Waals surface area contributed by atoms with Crippen molar-refractivity contribution < 1.29 is 38.1 Å². The van der Waals surface area contributed by atoms with Crippen LogP contribution in [0, 0.1) is 0 Å². The fraction of sp³-hybridized carbons (Fsp3) is 0.571. The molecule has 0 unspecified atom stereocenters. The van der Waals surface area contributed by atoms with Crippen LogP contribution in [-0.2, 0) is 0 Å². The smallest absolute Gasteiger partial charge is 0.261 e. The molecule has 0 spiro atoms. The monoisotopic (exact) mass is 1280 g/mol. The van der Waals surface area contributed by atoms with Crippen LogP contribution in [0.3, 0.4) is 0 Å². The maximum absolute atomic E-state index is 15.2. The van der Waals surface area contributed by atoms with Crippen LogP contribution >= 0.6 is 0 Å². The van der Waals surface area contributed by atoms with E-state index in [1.807, 2.05) is 84.9 Å². The maximum Gasteiger partial charge on any atom is 0.261 e. The molecule has 7 aromatic carbocycles. The van der Waals surface area contributed by atoms with Crippen molar-refractivity contribution in [3.8, 4) is 34.5 Å². The number of fused-ring (bicyclic) bond motifs is 2. The Bertz CT molecular complexity index is 3250. The van der Waals surface area contributed by atoms with Crippen molar-refractivity contribution in [1.29, 1.82) is 0 Å². The first kappa shape index (κ1) is 71.6. The Labute approximate surface area is 564 Å². The van der Waals surface area contributed by atoms with E-state index in [-0.39, 0.29) is 23.6 Å². The van der Waals surface area contributed by atoms with Crippen molar-refractivity contribution >= 4 is 66.7 Å². The molecule has 0 aliphatic carbocycles. The number of carbonyl (C=O) groups excluding carboxylic acids is 4. The molecule has 7 aromatic rings. The lowest BCUT2D eigenvalue weighted by molar-refractivity contribution is 0.0592. The predicted octanol–water partition coefficient (Wildman–Crippen LogP) is 25.0. The second kappa shape index (κ2) is 38.8. The van der Waals surface area contributed by atoms with Gasteiger partial charge >= 0.3 is 0 Å². The fourth-order valence-electron chi connectivity index (χ4n) is 14.6. The molecule has 0 saturated heterocycles. The molecule has 2 aliphatic rings. The van der Waals surface area contributed by atoms with Crippen LogP contribution in [0.5, 0.6) is 34.5 Å². The molecule has 4 amide bonds. The number of hydrogen-bond donors (Lipinski definition) is 0. The van der Waals surface area contributed by atoms with Crippen molar-refractivity contribution in [3.05, 3.63) is 107 Å². The summed E-state index contributed by atoms with van der Waals surface area (Å²) in [6.07, 6.45) is 48.6. The average molecular weight is 1280 g/mol. The van der Waals surface area contributed by atoms with Crippen LogP contribution in [0.4, 0.5) is 0 Å². The molecule has 0 aromatic heterocycles. The quantitative estimate of drug-likeness (QED) is 0.0160.